The number of nitrogens with zero attached hydrogens (tertiary/aromatic N) is 1. The van der Waals surface area contributed by atoms with Crippen LogP contribution in [0.25, 0.3) is 10.8 Å². The van der Waals surface area contributed by atoms with Crippen molar-refractivity contribution in [3.63, 3.8) is 0 Å². The van der Waals surface area contributed by atoms with Gasteiger partial charge in [-0.15, -0.1) is 11.3 Å². The molecule has 1 aliphatic carbocycles. The van der Waals surface area contributed by atoms with Crippen molar-refractivity contribution < 1.29 is 9.21 Å². The van der Waals surface area contributed by atoms with Gasteiger partial charge in [0, 0.05) is 6.04 Å². The lowest BCUT2D eigenvalue weighted by Gasteiger charge is -2.24. The van der Waals surface area contributed by atoms with Crippen LogP contribution in [0.2, 0.25) is 0 Å². The minimum atomic E-state index is -0.0493. The standard InChI is InChI=1S/C17H21N3O2S/c21-16(14-8-11-4-1-2-5-13(11)20-14)18-9-12-10-22-17(19-12)15-6-3-7-23-15/h3,6-7,10-11,13-14,20H,1-2,4-5,8-9H2,(H,18,21). The largest absolute Gasteiger partial charge is 0.443 e. The molecule has 3 atom stereocenters. The minimum absolute atomic E-state index is 0.0493. The fraction of sp³-hybridized carbons (Fsp3) is 0.529. The zero-order valence-electron chi connectivity index (χ0n) is 13.0. The van der Waals surface area contributed by atoms with Crippen molar-refractivity contribution in [1.82, 2.24) is 15.6 Å². The number of amides is 1. The van der Waals surface area contributed by atoms with Gasteiger partial charge in [0.1, 0.15) is 6.26 Å². The first kappa shape index (κ1) is 14.9. The second-order valence-electron chi connectivity index (χ2n) is 6.45. The van der Waals surface area contributed by atoms with Crippen molar-refractivity contribution in [1.29, 1.82) is 0 Å². The summed E-state index contributed by atoms with van der Waals surface area (Å²) in [5, 5.41) is 8.48. The lowest BCUT2D eigenvalue weighted by atomic mass is 9.85. The van der Waals surface area contributed by atoms with Gasteiger partial charge >= 0.3 is 0 Å². The summed E-state index contributed by atoms with van der Waals surface area (Å²) in [6.45, 7) is 0.418. The second-order valence-corrected chi connectivity index (χ2v) is 7.39. The maximum Gasteiger partial charge on any atom is 0.237 e. The van der Waals surface area contributed by atoms with Crippen LogP contribution in [-0.2, 0) is 11.3 Å². The van der Waals surface area contributed by atoms with Crippen molar-refractivity contribution in [2.75, 3.05) is 0 Å². The van der Waals surface area contributed by atoms with E-state index in [1.54, 1.807) is 17.6 Å². The van der Waals surface area contributed by atoms with Gasteiger partial charge in [-0.25, -0.2) is 4.98 Å². The molecule has 1 saturated heterocycles. The summed E-state index contributed by atoms with van der Waals surface area (Å²) in [4.78, 5) is 17.8. The molecule has 3 heterocycles. The monoisotopic (exact) mass is 331 g/mol. The van der Waals surface area contributed by atoms with Crippen molar-refractivity contribution in [3.8, 4) is 10.8 Å². The highest BCUT2D eigenvalue weighted by Crippen LogP contribution is 2.33. The molecule has 0 aromatic carbocycles. The summed E-state index contributed by atoms with van der Waals surface area (Å²) < 4.78 is 5.48. The van der Waals surface area contributed by atoms with E-state index in [4.69, 9.17) is 4.42 Å². The van der Waals surface area contributed by atoms with Crippen LogP contribution in [0.15, 0.2) is 28.2 Å². The van der Waals surface area contributed by atoms with E-state index in [9.17, 15) is 4.79 Å². The number of nitrogens with one attached hydrogen (secondary N) is 2. The van der Waals surface area contributed by atoms with Crippen molar-refractivity contribution in [2.45, 2.75) is 50.7 Å². The Hall–Kier alpha value is -1.66. The van der Waals surface area contributed by atoms with Crippen LogP contribution >= 0.6 is 11.3 Å². The van der Waals surface area contributed by atoms with E-state index >= 15 is 0 Å². The van der Waals surface area contributed by atoms with Gasteiger partial charge in [0.25, 0.3) is 0 Å². The Balaban J connectivity index is 1.32. The van der Waals surface area contributed by atoms with Gasteiger partial charge in [-0.3, -0.25) is 4.79 Å². The van der Waals surface area contributed by atoms with Gasteiger partial charge in [0.2, 0.25) is 11.8 Å². The Morgan fingerprint density at radius 1 is 1.43 bits per heavy atom. The Labute approximate surface area is 139 Å². The van der Waals surface area contributed by atoms with Gasteiger partial charge in [-0.05, 0) is 36.6 Å². The molecule has 0 bridgehead atoms. The number of aromatic nitrogens is 1. The fourth-order valence-electron chi connectivity index (χ4n) is 3.72. The zero-order chi connectivity index (χ0) is 15.6. The Kier molecular flexibility index (Phi) is 4.18. The Morgan fingerprint density at radius 3 is 3.17 bits per heavy atom. The minimum Gasteiger partial charge on any atom is -0.443 e. The van der Waals surface area contributed by atoms with Crippen LogP contribution in [0, 0.1) is 5.92 Å². The van der Waals surface area contributed by atoms with Crippen LogP contribution < -0.4 is 10.6 Å². The molecular weight excluding hydrogens is 310 g/mol. The number of thiophene rings is 1. The number of carbonyl (C=O) groups excluding carboxylic acids is 1. The molecule has 0 spiro atoms. The molecule has 3 unspecified atom stereocenters. The third kappa shape index (κ3) is 3.19. The molecule has 1 amide bonds. The van der Waals surface area contributed by atoms with Crippen LogP contribution in [-0.4, -0.2) is 23.0 Å². The number of hydrogen-bond donors (Lipinski definition) is 2. The summed E-state index contributed by atoms with van der Waals surface area (Å²) in [7, 11) is 0. The van der Waals surface area contributed by atoms with Gasteiger partial charge in [-0.1, -0.05) is 18.9 Å². The molecular formula is C17H21N3O2S. The van der Waals surface area contributed by atoms with Crippen LogP contribution in [0.4, 0.5) is 0 Å². The highest BCUT2D eigenvalue weighted by molar-refractivity contribution is 7.13. The summed E-state index contributed by atoms with van der Waals surface area (Å²) in [5.41, 5.74) is 0.761. The summed E-state index contributed by atoms with van der Waals surface area (Å²) in [5.74, 6) is 1.38. The molecule has 2 aromatic rings. The number of oxazole rings is 1. The molecule has 0 radical (unpaired) electrons. The van der Waals surface area contributed by atoms with E-state index in [1.165, 1.54) is 25.7 Å². The summed E-state index contributed by atoms with van der Waals surface area (Å²) >= 11 is 1.59. The Bertz CT molecular complexity index is 653. The average Bonchev–Trinajstić information content (AvgIpc) is 3.31. The molecule has 4 rings (SSSR count). The third-order valence-electron chi connectivity index (χ3n) is 4.91. The average molecular weight is 331 g/mol. The van der Waals surface area contributed by atoms with E-state index in [0.29, 0.717) is 24.4 Å². The first-order valence-electron chi connectivity index (χ1n) is 8.31. The Morgan fingerprint density at radius 2 is 2.35 bits per heavy atom. The maximum atomic E-state index is 12.4. The number of carbonyl (C=O) groups is 1. The highest BCUT2D eigenvalue weighted by Gasteiger charge is 2.38. The molecule has 2 fully saturated rings. The number of hydrogen-bond acceptors (Lipinski definition) is 5. The number of rotatable bonds is 4. The van der Waals surface area contributed by atoms with E-state index in [2.05, 4.69) is 15.6 Å². The predicted octanol–water partition coefficient (Wildman–Crippen LogP) is 2.94. The molecule has 5 nitrogen and oxygen atoms in total. The SMILES string of the molecule is O=C(NCc1coc(-c2cccs2)n1)C1CC2CCCCC2N1. The quantitative estimate of drug-likeness (QED) is 0.904. The highest BCUT2D eigenvalue weighted by atomic mass is 32.1. The topological polar surface area (TPSA) is 67.2 Å². The molecule has 2 aromatic heterocycles. The smallest absolute Gasteiger partial charge is 0.237 e. The van der Waals surface area contributed by atoms with Crippen molar-refractivity contribution >= 4 is 17.2 Å². The molecule has 1 saturated carbocycles. The summed E-state index contributed by atoms with van der Waals surface area (Å²) in [6.07, 6.45) is 7.65. The molecule has 122 valence electrons. The van der Waals surface area contributed by atoms with Gasteiger partial charge < -0.3 is 15.1 Å². The lowest BCUT2D eigenvalue weighted by molar-refractivity contribution is -0.123. The van der Waals surface area contributed by atoms with Crippen molar-refractivity contribution in [2.24, 2.45) is 5.92 Å². The van der Waals surface area contributed by atoms with E-state index in [1.807, 2.05) is 17.5 Å². The van der Waals surface area contributed by atoms with Crippen LogP contribution in [0.5, 0.6) is 0 Å². The maximum absolute atomic E-state index is 12.4. The predicted molar refractivity (Wildman–Crippen MR) is 88.9 cm³/mol. The molecule has 6 heteroatoms. The van der Waals surface area contributed by atoms with Crippen LogP contribution in [0.3, 0.4) is 0 Å². The van der Waals surface area contributed by atoms with Gasteiger partial charge in [0.15, 0.2) is 0 Å². The molecule has 1 aliphatic heterocycles. The molecule has 2 aliphatic rings. The van der Waals surface area contributed by atoms with Gasteiger partial charge in [-0.2, -0.15) is 0 Å². The van der Waals surface area contributed by atoms with E-state index in [0.717, 1.165) is 17.0 Å². The third-order valence-corrected chi connectivity index (χ3v) is 5.76. The fourth-order valence-corrected chi connectivity index (χ4v) is 4.38. The molecule has 2 N–H and O–H groups in total. The lowest BCUT2D eigenvalue weighted by Crippen LogP contribution is -2.42. The zero-order valence-corrected chi connectivity index (χ0v) is 13.8. The van der Waals surface area contributed by atoms with Crippen molar-refractivity contribution in [3.05, 3.63) is 29.5 Å². The van der Waals surface area contributed by atoms with E-state index < -0.39 is 0 Å². The summed E-state index contributed by atoms with van der Waals surface area (Å²) in [6, 6.07) is 4.43. The first-order valence-corrected chi connectivity index (χ1v) is 9.19. The molecule has 23 heavy (non-hydrogen) atoms. The normalized spacial score (nSPS) is 26.9. The van der Waals surface area contributed by atoms with Gasteiger partial charge in [0.05, 0.1) is 23.2 Å². The first-order chi connectivity index (χ1) is 11.3. The van der Waals surface area contributed by atoms with Crippen LogP contribution in [0.1, 0.15) is 37.8 Å². The second kappa shape index (κ2) is 6.45. The van der Waals surface area contributed by atoms with E-state index in [-0.39, 0.29) is 11.9 Å². The number of fused-ring (bicyclic) bond motifs is 1.